The summed E-state index contributed by atoms with van der Waals surface area (Å²) in [6.07, 6.45) is 1.31. The first-order valence-corrected chi connectivity index (χ1v) is 9.10. The Morgan fingerprint density at radius 1 is 1.17 bits per heavy atom. The maximum atomic E-state index is 11.7. The minimum Gasteiger partial charge on any atom is -0.387 e. The van der Waals surface area contributed by atoms with E-state index in [2.05, 4.69) is 16.7 Å². The van der Waals surface area contributed by atoms with Crippen LogP contribution < -0.4 is 0 Å². The van der Waals surface area contributed by atoms with Crippen LogP contribution in [-0.4, -0.2) is 77.6 Å². The number of likely N-dealkylation sites (tertiary alicyclic amines) is 1. The van der Waals surface area contributed by atoms with Gasteiger partial charge in [-0.25, -0.2) is 0 Å². The van der Waals surface area contributed by atoms with Crippen molar-refractivity contribution in [1.29, 1.82) is 0 Å². The summed E-state index contributed by atoms with van der Waals surface area (Å²) in [7, 11) is 0. The molecule has 1 N–H and O–H groups in total. The summed E-state index contributed by atoms with van der Waals surface area (Å²) in [6.45, 7) is 8.64. The lowest BCUT2D eigenvalue weighted by molar-refractivity contribution is -0.127. The number of aliphatic hydroxyl groups excluding tert-OH is 1. The van der Waals surface area contributed by atoms with Crippen molar-refractivity contribution in [1.82, 2.24) is 14.7 Å². The number of carbonyl (C=O) groups excluding carboxylic acids is 1. The number of hydrogen-bond acceptors (Lipinski definition) is 4. The van der Waals surface area contributed by atoms with Crippen LogP contribution in [0.5, 0.6) is 0 Å². The molecule has 2 fully saturated rings. The number of carbonyl (C=O) groups is 1. The van der Waals surface area contributed by atoms with Crippen LogP contribution in [0.25, 0.3) is 0 Å². The Morgan fingerprint density at radius 3 is 2.62 bits per heavy atom. The standard InChI is InChI=1S/C19H29N3O2/c1-16-14-20(10-12-21-9-5-8-19(21)24)11-13-22(16)15-18(23)17-6-3-2-4-7-17/h2-4,6-7,16,18,23H,5,8-15H2,1H3/t16-,18-/m0/s1. The van der Waals surface area contributed by atoms with Crippen molar-refractivity contribution in [3.05, 3.63) is 35.9 Å². The first-order valence-electron chi connectivity index (χ1n) is 9.10. The van der Waals surface area contributed by atoms with Gasteiger partial charge in [-0.3, -0.25) is 14.6 Å². The molecule has 0 saturated carbocycles. The number of amides is 1. The molecule has 1 aromatic carbocycles. The number of rotatable bonds is 6. The van der Waals surface area contributed by atoms with Crippen molar-refractivity contribution in [3.8, 4) is 0 Å². The summed E-state index contributed by atoms with van der Waals surface area (Å²) in [5.74, 6) is 0.313. The van der Waals surface area contributed by atoms with Crippen molar-refractivity contribution in [2.75, 3.05) is 45.8 Å². The lowest BCUT2D eigenvalue weighted by Crippen LogP contribution is -2.54. The van der Waals surface area contributed by atoms with Gasteiger partial charge in [-0.15, -0.1) is 0 Å². The second-order valence-electron chi connectivity index (χ2n) is 7.06. The van der Waals surface area contributed by atoms with E-state index in [4.69, 9.17) is 0 Å². The Morgan fingerprint density at radius 2 is 1.96 bits per heavy atom. The minimum atomic E-state index is -0.428. The lowest BCUT2D eigenvalue weighted by atomic mass is 10.1. The highest BCUT2D eigenvalue weighted by molar-refractivity contribution is 5.78. The molecule has 0 spiro atoms. The molecule has 5 heteroatoms. The Kier molecular flexibility index (Phi) is 5.87. The van der Waals surface area contributed by atoms with E-state index in [0.717, 1.165) is 57.7 Å². The monoisotopic (exact) mass is 331 g/mol. The number of hydrogen-bond donors (Lipinski definition) is 1. The normalized spacial score (nSPS) is 24.5. The van der Waals surface area contributed by atoms with E-state index in [1.54, 1.807) is 0 Å². The second-order valence-corrected chi connectivity index (χ2v) is 7.06. The Balaban J connectivity index is 1.44. The molecule has 1 aromatic rings. The fraction of sp³-hybridized carbons (Fsp3) is 0.632. The van der Waals surface area contributed by atoms with E-state index in [0.29, 0.717) is 18.5 Å². The molecular formula is C19H29N3O2. The van der Waals surface area contributed by atoms with Gasteiger partial charge in [0, 0.05) is 58.3 Å². The maximum Gasteiger partial charge on any atom is 0.222 e. The van der Waals surface area contributed by atoms with E-state index in [-0.39, 0.29) is 0 Å². The molecule has 0 aliphatic carbocycles. The van der Waals surface area contributed by atoms with Crippen LogP contribution in [0.4, 0.5) is 0 Å². The van der Waals surface area contributed by atoms with E-state index in [1.807, 2.05) is 35.2 Å². The van der Waals surface area contributed by atoms with Crippen LogP contribution in [0, 0.1) is 0 Å². The average molecular weight is 331 g/mol. The van der Waals surface area contributed by atoms with Gasteiger partial charge in [-0.1, -0.05) is 30.3 Å². The molecule has 0 radical (unpaired) electrons. The van der Waals surface area contributed by atoms with Gasteiger partial charge in [0.15, 0.2) is 0 Å². The van der Waals surface area contributed by atoms with Gasteiger partial charge in [0.05, 0.1) is 6.10 Å². The Hall–Kier alpha value is -1.43. The third kappa shape index (κ3) is 4.35. The zero-order valence-electron chi connectivity index (χ0n) is 14.6. The topological polar surface area (TPSA) is 47.0 Å². The first-order chi connectivity index (χ1) is 11.6. The molecule has 0 unspecified atom stereocenters. The highest BCUT2D eigenvalue weighted by Gasteiger charge is 2.27. The molecule has 5 nitrogen and oxygen atoms in total. The fourth-order valence-electron chi connectivity index (χ4n) is 3.75. The molecule has 2 aliphatic heterocycles. The molecule has 2 atom stereocenters. The molecule has 2 saturated heterocycles. The number of nitrogens with zero attached hydrogens (tertiary/aromatic N) is 3. The third-order valence-corrected chi connectivity index (χ3v) is 5.30. The van der Waals surface area contributed by atoms with Gasteiger partial charge >= 0.3 is 0 Å². The minimum absolute atomic E-state index is 0.313. The predicted molar refractivity (Wildman–Crippen MR) is 94.7 cm³/mol. The molecular weight excluding hydrogens is 302 g/mol. The van der Waals surface area contributed by atoms with Gasteiger partial charge in [0.1, 0.15) is 0 Å². The van der Waals surface area contributed by atoms with Gasteiger partial charge in [-0.2, -0.15) is 0 Å². The van der Waals surface area contributed by atoms with E-state index < -0.39 is 6.10 Å². The molecule has 132 valence electrons. The summed E-state index contributed by atoms with van der Waals surface area (Å²) in [4.78, 5) is 18.5. The summed E-state index contributed by atoms with van der Waals surface area (Å²) in [5, 5.41) is 10.4. The highest BCUT2D eigenvalue weighted by Crippen LogP contribution is 2.18. The van der Waals surface area contributed by atoms with Crippen LogP contribution in [-0.2, 0) is 4.79 Å². The molecule has 3 rings (SSSR count). The van der Waals surface area contributed by atoms with Crippen molar-refractivity contribution in [2.45, 2.75) is 31.9 Å². The number of piperazine rings is 1. The smallest absolute Gasteiger partial charge is 0.222 e. The van der Waals surface area contributed by atoms with Crippen LogP contribution in [0.1, 0.15) is 31.4 Å². The number of aliphatic hydroxyl groups is 1. The SMILES string of the molecule is C[C@H]1CN(CCN2CCCC2=O)CCN1C[C@H](O)c1ccccc1. The zero-order valence-corrected chi connectivity index (χ0v) is 14.6. The largest absolute Gasteiger partial charge is 0.387 e. The molecule has 24 heavy (non-hydrogen) atoms. The summed E-state index contributed by atoms with van der Waals surface area (Å²) >= 11 is 0. The maximum absolute atomic E-state index is 11.7. The van der Waals surface area contributed by atoms with Crippen LogP contribution in [0.15, 0.2) is 30.3 Å². The summed E-state index contributed by atoms with van der Waals surface area (Å²) in [5.41, 5.74) is 0.986. The van der Waals surface area contributed by atoms with Crippen LogP contribution >= 0.6 is 0 Å². The third-order valence-electron chi connectivity index (χ3n) is 5.30. The van der Waals surface area contributed by atoms with Gasteiger partial charge in [0.2, 0.25) is 5.91 Å². The van der Waals surface area contributed by atoms with Crippen molar-refractivity contribution in [2.24, 2.45) is 0 Å². The summed E-state index contributed by atoms with van der Waals surface area (Å²) < 4.78 is 0. The number of β-amino-alcohol motifs (C(OH)–C–C–N with tert-alkyl or cyclic N) is 1. The van der Waals surface area contributed by atoms with E-state index in [1.165, 1.54) is 0 Å². The predicted octanol–water partition coefficient (Wildman–Crippen LogP) is 1.35. The second kappa shape index (κ2) is 8.10. The summed E-state index contributed by atoms with van der Waals surface area (Å²) in [6, 6.07) is 10.3. The fourth-order valence-corrected chi connectivity index (χ4v) is 3.75. The molecule has 2 heterocycles. The molecule has 0 aromatic heterocycles. The Labute approximate surface area is 144 Å². The van der Waals surface area contributed by atoms with Crippen molar-refractivity contribution < 1.29 is 9.90 Å². The lowest BCUT2D eigenvalue weighted by Gasteiger charge is -2.41. The van der Waals surface area contributed by atoms with Gasteiger partial charge < -0.3 is 10.0 Å². The van der Waals surface area contributed by atoms with Crippen LogP contribution in [0.2, 0.25) is 0 Å². The molecule has 2 aliphatic rings. The molecule has 1 amide bonds. The van der Waals surface area contributed by atoms with E-state index >= 15 is 0 Å². The van der Waals surface area contributed by atoms with Gasteiger partial charge in [-0.05, 0) is 18.9 Å². The first kappa shape index (κ1) is 17.4. The van der Waals surface area contributed by atoms with Crippen molar-refractivity contribution in [3.63, 3.8) is 0 Å². The number of benzene rings is 1. The van der Waals surface area contributed by atoms with Gasteiger partial charge in [0.25, 0.3) is 0 Å². The quantitative estimate of drug-likeness (QED) is 0.855. The highest BCUT2D eigenvalue weighted by atomic mass is 16.3. The van der Waals surface area contributed by atoms with Crippen LogP contribution in [0.3, 0.4) is 0 Å². The van der Waals surface area contributed by atoms with E-state index in [9.17, 15) is 9.90 Å². The zero-order chi connectivity index (χ0) is 16.9. The Bertz CT molecular complexity index is 537. The average Bonchev–Trinajstić information content (AvgIpc) is 3.01. The molecule has 0 bridgehead atoms. The van der Waals surface area contributed by atoms with Crippen molar-refractivity contribution >= 4 is 5.91 Å².